The van der Waals surface area contributed by atoms with Gasteiger partial charge in [0.1, 0.15) is 0 Å². The van der Waals surface area contributed by atoms with Gasteiger partial charge in [-0.3, -0.25) is 9.69 Å². The topological polar surface area (TPSA) is 41.6 Å². The van der Waals surface area contributed by atoms with Gasteiger partial charge in [0.15, 0.2) is 0 Å². The van der Waals surface area contributed by atoms with Crippen molar-refractivity contribution in [1.82, 2.24) is 10.2 Å². The molecule has 2 bridgehead atoms. The van der Waals surface area contributed by atoms with Crippen molar-refractivity contribution in [2.24, 2.45) is 11.8 Å². The quantitative estimate of drug-likeness (QED) is 0.778. The molecule has 154 valence electrons. The fourth-order valence-electron chi connectivity index (χ4n) is 5.97. The predicted octanol–water partition coefficient (Wildman–Crippen LogP) is 3.75. The van der Waals surface area contributed by atoms with Crippen molar-refractivity contribution in [1.29, 1.82) is 0 Å². The van der Waals surface area contributed by atoms with E-state index in [1.54, 1.807) is 5.56 Å². The van der Waals surface area contributed by atoms with E-state index in [4.69, 9.17) is 4.74 Å². The van der Waals surface area contributed by atoms with Crippen LogP contribution in [0, 0.1) is 11.8 Å². The molecule has 1 amide bonds. The standard InChI is InChI=1S/C24H36N2O2/c27-23(25-11-12-26-13-15-28-16-14-26)9-8-21-17-20-5-4-10-24(18-20,19-21)22-6-2-1-3-7-22/h1-3,6-7,20-21H,4-5,8-19H2,(H,25,27). The van der Waals surface area contributed by atoms with Crippen LogP contribution in [-0.2, 0) is 14.9 Å². The Labute approximate surface area is 170 Å². The van der Waals surface area contributed by atoms with Crippen molar-refractivity contribution in [3.8, 4) is 0 Å². The van der Waals surface area contributed by atoms with Crippen LogP contribution in [0.4, 0.5) is 0 Å². The van der Waals surface area contributed by atoms with Crippen molar-refractivity contribution >= 4 is 5.91 Å². The van der Waals surface area contributed by atoms with Crippen LogP contribution in [-0.4, -0.2) is 50.2 Å². The summed E-state index contributed by atoms with van der Waals surface area (Å²) in [4.78, 5) is 14.7. The van der Waals surface area contributed by atoms with Gasteiger partial charge in [-0.1, -0.05) is 43.2 Å². The highest BCUT2D eigenvalue weighted by molar-refractivity contribution is 5.75. The van der Waals surface area contributed by atoms with Crippen LogP contribution in [0.1, 0.15) is 56.9 Å². The fourth-order valence-corrected chi connectivity index (χ4v) is 5.97. The molecule has 0 radical (unpaired) electrons. The van der Waals surface area contributed by atoms with Gasteiger partial charge in [0.2, 0.25) is 5.91 Å². The summed E-state index contributed by atoms with van der Waals surface area (Å²) in [6.45, 7) is 5.32. The van der Waals surface area contributed by atoms with E-state index in [1.165, 1.54) is 38.5 Å². The molecule has 4 heteroatoms. The van der Waals surface area contributed by atoms with Gasteiger partial charge >= 0.3 is 0 Å². The van der Waals surface area contributed by atoms with Crippen LogP contribution < -0.4 is 5.32 Å². The van der Waals surface area contributed by atoms with Gasteiger partial charge in [-0.25, -0.2) is 0 Å². The molecule has 0 aromatic heterocycles. The number of nitrogens with one attached hydrogen (secondary N) is 1. The van der Waals surface area contributed by atoms with E-state index in [-0.39, 0.29) is 5.91 Å². The zero-order valence-electron chi connectivity index (χ0n) is 17.2. The van der Waals surface area contributed by atoms with Gasteiger partial charge in [-0.05, 0) is 54.9 Å². The van der Waals surface area contributed by atoms with Crippen LogP contribution >= 0.6 is 0 Å². The monoisotopic (exact) mass is 384 g/mol. The maximum absolute atomic E-state index is 12.4. The van der Waals surface area contributed by atoms with E-state index in [9.17, 15) is 4.79 Å². The van der Waals surface area contributed by atoms with E-state index in [1.807, 2.05) is 0 Å². The van der Waals surface area contributed by atoms with Gasteiger partial charge in [-0.15, -0.1) is 0 Å². The molecule has 1 N–H and O–H groups in total. The molecular formula is C24H36N2O2. The normalized spacial score (nSPS) is 30.7. The first-order valence-corrected chi connectivity index (χ1v) is 11.4. The number of hydrogen-bond donors (Lipinski definition) is 1. The minimum absolute atomic E-state index is 0.234. The zero-order chi connectivity index (χ0) is 19.2. The Balaban J connectivity index is 1.25. The minimum atomic E-state index is 0.234. The Kier molecular flexibility index (Phi) is 6.69. The predicted molar refractivity (Wildman–Crippen MR) is 112 cm³/mol. The molecule has 1 aromatic rings. The van der Waals surface area contributed by atoms with Gasteiger partial charge < -0.3 is 10.1 Å². The van der Waals surface area contributed by atoms with E-state index in [0.29, 0.717) is 17.8 Å². The van der Waals surface area contributed by atoms with Crippen molar-refractivity contribution in [3.63, 3.8) is 0 Å². The Morgan fingerprint density at radius 3 is 2.82 bits per heavy atom. The molecule has 1 heterocycles. The fraction of sp³-hybridized carbons (Fsp3) is 0.708. The SMILES string of the molecule is O=C(CCC1CC2CCCC(c3ccccc3)(C2)C1)NCCN1CCOCC1. The average molecular weight is 385 g/mol. The Hall–Kier alpha value is -1.39. The first-order valence-electron chi connectivity index (χ1n) is 11.4. The number of carbonyl (C=O) groups is 1. The number of hydrogen-bond acceptors (Lipinski definition) is 3. The summed E-state index contributed by atoms with van der Waals surface area (Å²) >= 11 is 0. The number of rotatable bonds is 7. The maximum Gasteiger partial charge on any atom is 0.220 e. The van der Waals surface area contributed by atoms with Crippen LogP contribution in [0.15, 0.2) is 30.3 Å². The number of carbonyl (C=O) groups excluding carboxylic acids is 1. The number of nitrogens with zero attached hydrogens (tertiary/aromatic N) is 1. The Morgan fingerprint density at radius 2 is 2.00 bits per heavy atom. The van der Waals surface area contributed by atoms with Crippen LogP contribution in [0.3, 0.4) is 0 Å². The zero-order valence-corrected chi connectivity index (χ0v) is 17.2. The van der Waals surface area contributed by atoms with Crippen molar-refractivity contribution in [2.75, 3.05) is 39.4 Å². The van der Waals surface area contributed by atoms with E-state index in [2.05, 4.69) is 40.5 Å². The second-order valence-electron chi connectivity index (χ2n) is 9.26. The molecule has 4 nitrogen and oxygen atoms in total. The molecule has 4 rings (SSSR count). The highest BCUT2D eigenvalue weighted by Gasteiger charge is 2.43. The third-order valence-electron chi connectivity index (χ3n) is 7.31. The number of ether oxygens (including phenoxy) is 1. The highest BCUT2D eigenvalue weighted by atomic mass is 16.5. The van der Waals surface area contributed by atoms with Gasteiger partial charge in [-0.2, -0.15) is 0 Å². The van der Waals surface area contributed by atoms with E-state index in [0.717, 1.165) is 51.7 Å². The Bertz CT molecular complexity index is 629. The molecule has 28 heavy (non-hydrogen) atoms. The lowest BCUT2D eigenvalue weighted by atomic mass is 9.56. The van der Waals surface area contributed by atoms with Gasteiger partial charge in [0.05, 0.1) is 13.2 Å². The minimum Gasteiger partial charge on any atom is -0.379 e. The molecule has 0 spiro atoms. The molecular weight excluding hydrogens is 348 g/mol. The second-order valence-corrected chi connectivity index (χ2v) is 9.26. The van der Waals surface area contributed by atoms with Crippen molar-refractivity contribution in [3.05, 3.63) is 35.9 Å². The lowest BCUT2D eigenvalue weighted by Crippen LogP contribution is -2.42. The molecule has 1 aromatic carbocycles. The smallest absolute Gasteiger partial charge is 0.220 e. The molecule has 1 saturated heterocycles. The first kappa shape index (κ1) is 19.9. The second kappa shape index (κ2) is 9.41. The lowest BCUT2D eigenvalue weighted by molar-refractivity contribution is -0.121. The van der Waals surface area contributed by atoms with Crippen molar-refractivity contribution in [2.45, 2.75) is 56.8 Å². The van der Waals surface area contributed by atoms with Crippen LogP contribution in [0.25, 0.3) is 0 Å². The van der Waals surface area contributed by atoms with Crippen LogP contribution in [0.2, 0.25) is 0 Å². The Morgan fingerprint density at radius 1 is 1.18 bits per heavy atom. The molecule has 3 fully saturated rings. The average Bonchev–Trinajstić information content (AvgIpc) is 2.73. The number of benzene rings is 1. The lowest BCUT2D eigenvalue weighted by Gasteiger charge is -2.49. The first-order chi connectivity index (χ1) is 13.7. The summed E-state index contributed by atoms with van der Waals surface area (Å²) < 4.78 is 5.38. The van der Waals surface area contributed by atoms with E-state index < -0.39 is 0 Å². The summed E-state index contributed by atoms with van der Waals surface area (Å²) in [6, 6.07) is 11.2. The summed E-state index contributed by atoms with van der Waals surface area (Å²) in [6.07, 6.45) is 9.78. The van der Waals surface area contributed by atoms with Gasteiger partial charge in [0, 0.05) is 32.6 Å². The maximum atomic E-state index is 12.4. The van der Waals surface area contributed by atoms with Crippen LogP contribution in [0.5, 0.6) is 0 Å². The molecule has 3 atom stereocenters. The molecule has 3 aliphatic rings. The summed E-state index contributed by atoms with van der Waals surface area (Å²) in [5.41, 5.74) is 1.92. The highest BCUT2D eigenvalue weighted by Crippen LogP contribution is 2.53. The number of morpholine rings is 1. The van der Waals surface area contributed by atoms with Gasteiger partial charge in [0.25, 0.3) is 0 Å². The molecule has 1 aliphatic heterocycles. The largest absolute Gasteiger partial charge is 0.379 e. The molecule has 2 aliphatic carbocycles. The molecule has 3 unspecified atom stereocenters. The van der Waals surface area contributed by atoms with Crippen molar-refractivity contribution < 1.29 is 9.53 Å². The summed E-state index contributed by atoms with van der Waals surface area (Å²) in [5, 5.41) is 3.14. The number of amides is 1. The third kappa shape index (κ3) is 4.96. The summed E-state index contributed by atoms with van der Waals surface area (Å²) in [7, 11) is 0. The van der Waals surface area contributed by atoms with E-state index >= 15 is 0 Å². The number of fused-ring (bicyclic) bond motifs is 2. The molecule has 2 saturated carbocycles. The third-order valence-corrected chi connectivity index (χ3v) is 7.31. The summed E-state index contributed by atoms with van der Waals surface area (Å²) in [5.74, 6) is 1.79.